The van der Waals surface area contributed by atoms with Crippen molar-refractivity contribution < 1.29 is 13.9 Å². The van der Waals surface area contributed by atoms with Gasteiger partial charge in [-0.2, -0.15) is 0 Å². The van der Waals surface area contributed by atoms with Crippen LogP contribution in [-0.4, -0.2) is 30.6 Å². The molecule has 30 heavy (non-hydrogen) atoms. The molecule has 1 N–H and O–H groups in total. The summed E-state index contributed by atoms with van der Waals surface area (Å²) in [7, 11) is 0. The van der Waals surface area contributed by atoms with E-state index in [4.69, 9.17) is 9.72 Å². The molecule has 6 heteroatoms. The fourth-order valence-corrected chi connectivity index (χ4v) is 3.77. The minimum Gasteiger partial charge on any atom is -0.372 e. The van der Waals surface area contributed by atoms with Gasteiger partial charge in [-0.3, -0.25) is 4.79 Å². The van der Waals surface area contributed by atoms with Gasteiger partial charge in [-0.25, -0.2) is 9.37 Å². The number of amides is 1. The van der Waals surface area contributed by atoms with Crippen molar-refractivity contribution in [2.45, 2.75) is 53.6 Å². The minimum atomic E-state index is -0.237. The fraction of sp³-hybridized carbons (Fsp3) is 0.500. The van der Waals surface area contributed by atoms with Crippen LogP contribution in [0.2, 0.25) is 0 Å². The van der Waals surface area contributed by atoms with Crippen molar-refractivity contribution in [1.29, 1.82) is 0 Å². The summed E-state index contributed by atoms with van der Waals surface area (Å²) in [4.78, 5) is 19.3. The van der Waals surface area contributed by atoms with Crippen molar-refractivity contribution in [1.82, 2.24) is 4.98 Å². The van der Waals surface area contributed by atoms with Crippen molar-refractivity contribution in [3.8, 4) is 0 Å². The number of nitrogens with one attached hydrogen (secondary N) is 1. The Bertz CT molecular complexity index is 867. The first-order chi connectivity index (χ1) is 14.1. The smallest absolute Gasteiger partial charge is 0.224 e. The number of rotatable bonds is 4. The molecule has 3 rings (SSSR count). The number of hydrogen-bond donors (Lipinski definition) is 1. The number of nitrogens with zero attached hydrogens (tertiary/aromatic N) is 2. The molecule has 1 aromatic heterocycles. The first kappa shape index (κ1) is 22.2. The number of benzene rings is 1. The van der Waals surface area contributed by atoms with Crippen molar-refractivity contribution >= 4 is 17.4 Å². The van der Waals surface area contributed by atoms with E-state index in [9.17, 15) is 9.18 Å². The van der Waals surface area contributed by atoms with E-state index in [0.29, 0.717) is 13.0 Å². The number of carbonyl (C=O) groups is 1. The lowest BCUT2D eigenvalue weighted by atomic mass is 9.92. The number of carbonyl (C=O) groups excluding carboxylic acids is 1. The van der Waals surface area contributed by atoms with Gasteiger partial charge in [-0.05, 0) is 55.0 Å². The molecule has 162 valence electrons. The predicted molar refractivity (Wildman–Crippen MR) is 118 cm³/mol. The first-order valence-electron chi connectivity index (χ1n) is 10.5. The van der Waals surface area contributed by atoms with Gasteiger partial charge in [-0.15, -0.1) is 0 Å². The SMILES string of the molecule is Cc1cc(N2CCO[C@H](c3ccc(F)cc3)CC2)nc(C)c1NC(=O)CC(C)(C)C. The highest BCUT2D eigenvalue weighted by atomic mass is 19.1. The molecule has 0 bridgehead atoms. The van der Waals surface area contributed by atoms with Crippen LogP contribution < -0.4 is 10.2 Å². The normalized spacial score (nSPS) is 17.5. The van der Waals surface area contributed by atoms with Crippen LogP contribution in [0.1, 0.15) is 56.5 Å². The molecule has 0 unspecified atom stereocenters. The average Bonchev–Trinajstić information content (AvgIpc) is 2.90. The van der Waals surface area contributed by atoms with Crippen molar-refractivity contribution in [3.05, 3.63) is 53.0 Å². The second-order valence-corrected chi connectivity index (χ2v) is 9.23. The fourth-order valence-electron chi connectivity index (χ4n) is 3.77. The molecule has 1 aromatic carbocycles. The highest BCUT2D eigenvalue weighted by Crippen LogP contribution is 2.29. The highest BCUT2D eigenvalue weighted by molar-refractivity contribution is 5.92. The van der Waals surface area contributed by atoms with Crippen LogP contribution in [0.4, 0.5) is 15.9 Å². The summed E-state index contributed by atoms with van der Waals surface area (Å²) >= 11 is 0. The summed E-state index contributed by atoms with van der Waals surface area (Å²) < 4.78 is 19.2. The lowest BCUT2D eigenvalue weighted by Crippen LogP contribution is -2.27. The zero-order chi connectivity index (χ0) is 21.9. The Morgan fingerprint density at radius 1 is 1.23 bits per heavy atom. The third kappa shape index (κ3) is 5.79. The van der Waals surface area contributed by atoms with Crippen LogP contribution in [-0.2, 0) is 9.53 Å². The maximum absolute atomic E-state index is 13.2. The number of aryl methyl sites for hydroxylation is 2. The van der Waals surface area contributed by atoms with E-state index in [2.05, 4.69) is 10.2 Å². The monoisotopic (exact) mass is 413 g/mol. The molecule has 1 amide bonds. The van der Waals surface area contributed by atoms with Crippen LogP contribution in [0.3, 0.4) is 0 Å². The number of hydrogen-bond acceptors (Lipinski definition) is 4. The third-order valence-corrected chi connectivity index (χ3v) is 5.25. The maximum atomic E-state index is 13.2. The molecule has 2 aromatic rings. The molecule has 2 heterocycles. The van der Waals surface area contributed by atoms with Crippen molar-refractivity contribution in [3.63, 3.8) is 0 Å². The molecule has 0 radical (unpaired) electrons. The van der Waals surface area contributed by atoms with Gasteiger partial charge in [0.05, 0.1) is 24.1 Å². The standard InChI is InChI=1S/C24H32FN3O2/c1-16-14-21(26-17(2)23(16)27-22(29)15-24(3,4)5)28-11-10-20(30-13-12-28)18-6-8-19(25)9-7-18/h6-9,14,20H,10-13,15H2,1-5H3,(H,27,29)/t20-/m0/s1. The van der Waals surface area contributed by atoms with Crippen LogP contribution >= 0.6 is 0 Å². The van der Waals surface area contributed by atoms with Crippen LogP contribution in [0.5, 0.6) is 0 Å². The second-order valence-electron chi connectivity index (χ2n) is 9.23. The Morgan fingerprint density at radius 2 is 1.93 bits per heavy atom. The van der Waals surface area contributed by atoms with Crippen LogP contribution in [0, 0.1) is 25.1 Å². The highest BCUT2D eigenvalue weighted by Gasteiger charge is 2.22. The average molecular weight is 414 g/mol. The molecule has 5 nitrogen and oxygen atoms in total. The Kier molecular flexibility index (Phi) is 6.76. The summed E-state index contributed by atoms with van der Waals surface area (Å²) in [5, 5.41) is 3.04. The zero-order valence-electron chi connectivity index (χ0n) is 18.6. The quantitative estimate of drug-likeness (QED) is 0.750. The van der Waals surface area contributed by atoms with E-state index in [1.807, 2.05) is 40.7 Å². The Balaban J connectivity index is 1.70. The third-order valence-electron chi connectivity index (χ3n) is 5.25. The summed E-state index contributed by atoms with van der Waals surface area (Å²) in [6.07, 6.45) is 1.21. The molecular weight excluding hydrogens is 381 g/mol. The maximum Gasteiger partial charge on any atom is 0.224 e. The van der Waals surface area contributed by atoms with E-state index >= 15 is 0 Å². The van der Waals surface area contributed by atoms with E-state index in [-0.39, 0.29) is 23.2 Å². The van der Waals surface area contributed by atoms with Crippen molar-refractivity contribution in [2.24, 2.45) is 5.41 Å². The largest absolute Gasteiger partial charge is 0.372 e. The Morgan fingerprint density at radius 3 is 2.57 bits per heavy atom. The van der Waals surface area contributed by atoms with Crippen molar-refractivity contribution in [2.75, 3.05) is 29.9 Å². The van der Waals surface area contributed by atoms with Gasteiger partial charge in [0.25, 0.3) is 0 Å². The van der Waals surface area contributed by atoms with Gasteiger partial charge >= 0.3 is 0 Å². The number of aromatic nitrogens is 1. The van der Waals surface area contributed by atoms with Gasteiger partial charge in [0.1, 0.15) is 11.6 Å². The number of anilines is 2. The first-order valence-corrected chi connectivity index (χ1v) is 10.5. The number of pyridine rings is 1. The lowest BCUT2D eigenvalue weighted by Gasteiger charge is -2.24. The molecule has 1 saturated heterocycles. The molecule has 1 atom stereocenters. The summed E-state index contributed by atoms with van der Waals surface area (Å²) in [5.74, 6) is 0.662. The molecular formula is C24H32FN3O2. The van der Waals surface area contributed by atoms with E-state index in [0.717, 1.165) is 47.8 Å². The Labute approximate surface area is 178 Å². The molecule has 1 fully saturated rings. The molecule has 0 spiro atoms. The summed E-state index contributed by atoms with van der Waals surface area (Å²) in [5.41, 5.74) is 3.54. The molecule has 0 saturated carbocycles. The zero-order valence-corrected chi connectivity index (χ0v) is 18.6. The molecule has 1 aliphatic heterocycles. The predicted octanol–water partition coefficient (Wildman–Crippen LogP) is 5.18. The van der Waals surface area contributed by atoms with Gasteiger partial charge < -0.3 is 15.0 Å². The summed E-state index contributed by atoms with van der Waals surface area (Å²) in [6, 6.07) is 8.55. The Hall–Kier alpha value is -2.47. The van der Waals surface area contributed by atoms with Gasteiger partial charge in [-0.1, -0.05) is 32.9 Å². The minimum absolute atomic E-state index is 0.00793. The topological polar surface area (TPSA) is 54.5 Å². The number of ether oxygens (including phenoxy) is 1. The van der Waals surface area contributed by atoms with Gasteiger partial charge in [0, 0.05) is 19.5 Å². The van der Waals surface area contributed by atoms with Gasteiger partial charge in [0.2, 0.25) is 5.91 Å². The summed E-state index contributed by atoms with van der Waals surface area (Å²) in [6.45, 7) is 12.2. The van der Waals surface area contributed by atoms with E-state index in [1.54, 1.807) is 12.1 Å². The molecule has 0 aliphatic carbocycles. The van der Waals surface area contributed by atoms with Gasteiger partial charge in [0.15, 0.2) is 0 Å². The van der Waals surface area contributed by atoms with E-state index < -0.39 is 0 Å². The van der Waals surface area contributed by atoms with Crippen LogP contribution in [0.15, 0.2) is 30.3 Å². The number of halogens is 1. The van der Waals surface area contributed by atoms with Crippen LogP contribution in [0.25, 0.3) is 0 Å². The lowest BCUT2D eigenvalue weighted by molar-refractivity contribution is -0.117. The molecule has 1 aliphatic rings. The van der Waals surface area contributed by atoms with E-state index in [1.165, 1.54) is 12.1 Å². The second kappa shape index (κ2) is 9.13.